The lowest BCUT2D eigenvalue weighted by molar-refractivity contribution is -0.163. The van der Waals surface area contributed by atoms with Crippen molar-refractivity contribution in [3.8, 4) is 5.75 Å². The Bertz CT molecular complexity index is 549. The van der Waals surface area contributed by atoms with E-state index in [0.717, 1.165) is 0 Å². The number of hydrogen-bond donors (Lipinski definition) is 1. The van der Waals surface area contributed by atoms with E-state index in [0.29, 0.717) is 12.3 Å². The highest BCUT2D eigenvalue weighted by Gasteiger charge is 2.40. The number of nitrogens with zero attached hydrogens (tertiary/aromatic N) is 1. The number of nitrogens with one attached hydrogen (secondary N) is 1. The van der Waals surface area contributed by atoms with E-state index in [-0.39, 0.29) is 37.4 Å². The molecule has 0 aromatic heterocycles. The number of morpholine rings is 1. The van der Waals surface area contributed by atoms with Crippen molar-refractivity contribution in [3.63, 3.8) is 0 Å². The number of carbonyl (C=O) groups is 2. The lowest BCUT2D eigenvalue weighted by atomic mass is 10.0. The van der Waals surface area contributed by atoms with Gasteiger partial charge in [0.2, 0.25) is 0 Å². The van der Waals surface area contributed by atoms with E-state index in [4.69, 9.17) is 9.47 Å². The van der Waals surface area contributed by atoms with Gasteiger partial charge in [-0.3, -0.25) is 9.59 Å². The molecule has 6 nitrogen and oxygen atoms in total. The zero-order chi connectivity index (χ0) is 16.2. The van der Waals surface area contributed by atoms with E-state index in [9.17, 15) is 14.0 Å². The lowest BCUT2D eigenvalue weighted by Gasteiger charge is -2.38. The Morgan fingerprint density at radius 1 is 1.41 bits per heavy atom. The summed E-state index contributed by atoms with van der Waals surface area (Å²) in [6, 6.07) is 5.43. The molecule has 1 N–H and O–H groups in total. The minimum Gasteiger partial charge on any atom is -0.484 e. The van der Waals surface area contributed by atoms with Crippen LogP contribution in [0.25, 0.3) is 0 Å². The maximum Gasteiger partial charge on any atom is 0.260 e. The van der Waals surface area contributed by atoms with Crippen LogP contribution in [0.2, 0.25) is 0 Å². The fraction of sp³-hybridized carbons (Fsp3) is 0.467. The van der Waals surface area contributed by atoms with Crippen LogP contribution in [-0.2, 0) is 14.3 Å². The lowest BCUT2D eigenvalue weighted by Crippen LogP contribution is -2.59. The molecular weight excluding hydrogens is 291 g/mol. The number of halogens is 1. The molecule has 1 aromatic rings. The SMILES string of the molecule is CNC(=O)C1(C)CN(C(=O)COc2ccc(F)cc2)CCO1. The maximum absolute atomic E-state index is 12.8. The van der Waals surface area contributed by atoms with Gasteiger partial charge in [0, 0.05) is 13.6 Å². The Hall–Kier alpha value is -2.15. The smallest absolute Gasteiger partial charge is 0.260 e. The Kier molecular flexibility index (Phi) is 4.97. The van der Waals surface area contributed by atoms with Crippen molar-refractivity contribution in [2.75, 3.05) is 33.4 Å². The normalized spacial score (nSPS) is 21.3. The molecule has 0 saturated carbocycles. The second-order valence-corrected chi connectivity index (χ2v) is 5.22. The summed E-state index contributed by atoms with van der Waals surface area (Å²) in [4.78, 5) is 25.5. The minimum atomic E-state index is -1.06. The molecule has 1 atom stereocenters. The van der Waals surface area contributed by atoms with E-state index < -0.39 is 5.60 Å². The van der Waals surface area contributed by atoms with Crippen LogP contribution in [0.15, 0.2) is 24.3 Å². The van der Waals surface area contributed by atoms with Crippen molar-refractivity contribution in [2.45, 2.75) is 12.5 Å². The minimum absolute atomic E-state index is 0.165. The largest absolute Gasteiger partial charge is 0.484 e. The predicted molar refractivity (Wildman–Crippen MR) is 76.9 cm³/mol. The number of rotatable bonds is 4. The molecular formula is C15H19FN2O4. The number of hydrogen-bond acceptors (Lipinski definition) is 4. The van der Waals surface area contributed by atoms with E-state index in [1.54, 1.807) is 6.92 Å². The zero-order valence-corrected chi connectivity index (χ0v) is 12.6. The van der Waals surface area contributed by atoms with Gasteiger partial charge in [0.05, 0.1) is 13.2 Å². The van der Waals surface area contributed by atoms with Crippen molar-refractivity contribution in [1.82, 2.24) is 10.2 Å². The number of benzene rings is 1. The third-order valence-corrected chi connectivity index (χ3v) is 3.51. The van der Waals surface area contributed by atoms with Crippen LogP contribution in [0.3, 0.4) is 0 Å². The summed E-state index contributed by atoms with van der Waals surface area (Å²) in [5.74, 6) is -0.475. The van der Waals surface area contributed by atoms with Gasteiger partial charge in [-0.05, 0) is 31.2 Å². The van der Waals surface area contributed by atoms with Gasteiger partial charge in [-0.15, -0.1) is 0 Å². The molecule has 7 heteroatoms. The van der Waals surface area contributed by atoms with Gasteiger partial charge < -0.3 is 19.7 Å². The molecule has 1 aromatic carbocycles. The average molecular weight is 310 g/mol. The first-order valence-corrected chi connectivity index (χ1v) is 6.97. The summed E-state index contributed by atoms with van der Waals surface area (Å²) >= 11 is 0. The van der Waals surface area contributed by atoms with Crippen LogP contribution < -0.4 is 10.1 Å². The highest BCUT2D eigenvalue weighted by atomic mass is 19.1. The zero-order valence-electron chi connectivity index (χ0n) is 12.6. The quantitative estimate of drug-likeness (QED) is 0.883. The molecule has 1 fully saturated rings. The van der Waals surface area contributed by atoms with Crippen molar-refractivity contribution in [1.29, 1.82) is 0 Å². The van der Waals surface area contributed by atoms with Gasteiger partial charge in [-0.25, -0.2) is 4.39 Å². The Morgan fingerprint density at radius 2 is 2.09 bits per heavy atom. The van der Waals surface area contributed by atoms with E-state index in [1.807, 2.05) is 0 Å². The summed E-state index contributed by atoms with van der Waals surface area (Å²) in [5.41, 5.74) is -1.06. The van der Waals surface area contributed by atoms with Crippen LogP contribution in [0.1, 0.15) is 6.92 Å². The maximum atomic E-state index is 12.8. The summed E-state index contributed by atoms with van der Waals surface area (Å²) in [6.45, 7) is 2.32. The van der Waals surface area contributed by atoms with Crippen molar-refractivity contribution >= 4 is 11.8 Å². The molecule has 1 aliphatic heterocycles. The van der Waals surface area contributed by atoms with Crippen LogP contribution in [-0.4, -0.2) is 55.7 Å². The number of carbonyl (C=O) groups excluding carboxylic acids is 2. The molecule has 1 heterocycles. The average Bonchev–Trinajstić information content (AvgIpc) is 2.53. The molecule has 1 unspecified atom stereocenters. The van der Waals surface area contributed by atoms with Crippen LogP contribution in [0.4, 0.5) is 4.39 Å². The molecule has 0 aliphatic carbocycles. The second-order valence-electron chi connectivity index (χ2n) is 5.22. The monoisotopic (exact) mass is 310 g/mol. The summed E-state index contributed by atoms with van der Waals surface area (Å²) in [6.07, 6.45) is 0. The molecule has 22 heavy (non-hydrogen) atoms. The van der Waals surface area contributed by atoms with Gasteiger partial charge in [0.25, 0.3) is 11.8 Å². The van der Waals surface area contributed by atoms with Gasteiger partial charge >= 0.3 is 0 Å². The molecule has 1 aliphatic rings. The fourth-order valence-electron chi connectivity index (χ4n) is 2.25. The molecule has 1 saturated heterocycles. The first kappa shape index (κ1) is 16.2. The van der Waals surface area contributed by atoms with Gasteiger partial charge in [0.15, 0.2) is 12.2 Å². The van der Waals surface area contributed by atoms with Crippen LogP contribution in [0.5, 0.6) is 5.75 Å². The number of ether oxygens (including phenoxy) is 2. The van der Waals surface area contributed by atoms with E-state index >= 15 is 0 Å². The Balaban J connectivity index is 1.92. The predicted octanol–water partition coefficient (Wildman–Crippen LogP) is 0.568. The molecule has 0 bridgehead atoms. The highest BCUT2D eigenvalue weighted by Crippen LogP contribution is 2.18. The van der Waals surface area contributed by atoms with E-state index in [1.165, 1.54) is 36.2 Å². The van der Waals surface area contributed by atoms with Crippen LogP contribution >= 0.6 is 0 Å². The third kappa shape index (κ3) is 3.73. The topological polar surface area (TPSA) is 67.9 Å². The first-order chi connectivity index (χ1) is 10.4. The molecule has 0 radical (unpaired) electrons. The number of likely N-dealkylation sites (N-methyl/N-ethyl adjacent to an activating group) is 1. The molecule has 2 rings (SSSR count). The standard InChI is InChI=1S/C15H19FN2O4/c1-15(14(20)17-2)10-18(7-8-22-15)13(19)9-21-12-5-3-11(16)4-6-12/h3-6H,7-10H2,1-2H3,(H,17,20). The van der Waals surface area contributed by atoms with Gasteiger partial charge in [-0.2, -0.15) is 0 Å². The number of amides is 2. The third-order valence-electron chi connectivity index (χ3n) is 3.51. The van der Waals surface area contributed by atoms with Crippen molar-refractivity contribution in [3.05, 3.63) is 30.1 Å². The first-order valence-electron chi connectivity index (χ1n) is 6.97. The highest BCUT2D eigenvalue weighted by molar-refractivity contribution is 5.86. The van der Waals surface area contributed by atoms with E-state index in [2.05, 4.69) is 5.32 Å². The van der Waals surface area contributed by atoms with Crippen molar-refractivity contribution in [2.24, 2.45) is 0 Å². The summed E-state index contributed by atoms with van der Waals surface area (Å²) in [7, 11) is 1.52. The second kappa shape index (κ2) is 6.74. The Morgan fingerprint density at radius 3 is 2.73 bits per heavy atom. The molecule has 0 spiro atoms. The summed E-state index contributed by atoms with van der Waals surface area (Å²) in [5, 5.41) is 2.53. The van der Waals surface area contributed by atoms with Crippen molar-refractivity contribution < 1.29 is 23.5 Å². The Labute approximate surface area is 128 Å². The summed E-state index contributed by atoms with van der Waals surface area (Å²) < 4.78 is 23.6. The molecule has 120 valence electrons. The van der Waals surface area contributed by atoms with Gasteiger partial charge in [-0.1, -0.05) is 0 Å². The van der Waals surface area contributed by atoms with Crippen LogP contribution in [0, 0.1) is 5.82 Å². The van der Waals surface area contributed by atoms with Gasteiger partial charge in [0.1, 0.15) is 11.6 Å². The fourth-order valence-corrected chi connectivity index (χ4v) is 2.25. The molecule has 2 amide bonds.